The van der Waals surface area contributed by atoms with Crippen LogP contribution in [0.4, 0.5) is 11.5 Å². The third kappa shape index (κ3) is 3.75. The number of ether oxygens (including phenoxy) is 1. The molecule has 1 aromatic carbocycles. The summed E-state index contributed by atoms with van der Waals surface area (Å²) in [6.45, 7) is 1.75. The number of pyridine rings is 1. The number of nitrogens with one attached hydrogen (secondary N) is 1. The Morgan fingerprint density at radius 2 is 2.19 bits per heavy atom. The molecule has 7 nitrogen and oxygen atoms in total. The third-order valence-corrected chi connectivity index (χ3v) is 2.69. The molecule has 2 rings (SSSR count). The molecule has 0 spiro atoms. The molecular formula is C14H14N4O3. The largest absolute Gasteiger partial charge is 0.497 e. The van der Waals surface area contributed by atoms with E-state index in [-0.39, 0.29) is 11.5 Å². The molecule has 0 aliphatic rings. The van der Waals surface area contributed by atoms with E-state index in [9.17, 15) is 10.1 Å². The van der Waals surface area contributed by atoms with Crippen LogP contribution in [-0.2, 0) is 0 Å². The zero-order chi connectivity index (χ0) is 15.2. The van der Waals surface area contributed by atoms with Crippen molar-refractivity contribution in [2.75, 3.05) is 12.5 Å². The van der Waals surface area contributed by atoms with Crippen LogP contribution in [0.1, 0.15) is 11.3 Å². The number of benzene rings is 1. The van der Waals surface area contributed by atoms with E-state index in [1.807, 2.05) is 18.2 Å². The summed E-state index contributed by atoms with van der Waals surface area (Å²) >= 11 is 0. The van der Waals surface area contributed by atoms with E-state index in [1.165, 1.54) is 12.3 Å². The van der Waals surface area contributed by atoms with Crippen LogP contribution in [0.5, 0.6) is 5.75 Å². The lowest BCUT2D eigenvalue weighted by molar-refractivity contribution is -0.384. The Morgan fingerprint density at radius 3 is 2.90 bits per heavy atom. The Hall–Kier alpha value is -2.96. The number of aryl methyl sites for hydroxylation is 1. The predicted octanol–water partition coefficient (Wildman–Crippen LogP) is 2.75. The van der Waals surface area contributed by atoms with E-state index < -0.39 is 4.92 Å². The van der Waals surface area contributed by atoms with Gasteiger partial charge >= 0.3 is 5.69 Å². The highest BCUT2D eigenvalue weighted by atomic mass is 16.6. The Morgan fingerprint density at radius 1 is 1.38 bits per heavy atom. The fraction of sp³-hybridized carbons (Fsp3) is 0.143. The molecule has 0 saturated heterocycles. The van der Waals surface area contributed by atoms with Gasteiger partial charge in [-0.1, -0.05) is 12.1 Å². The Labute approximate surface area is 121 Å². The van der Waals surface area contributed by atoms with E-state index in [1.54, 1.807) is 26.2 Å². The highest BCUT2D eigenvalue weighted by molar-refractivity contribution is 5.81. The second-order valence-corrected chi connectivity index (χ2v) is 4.22. The molecule has 0 aliphatic carbocycles. The number of anilines is 1. The molecule has 108 valence electrons. The van der Waals surface area contributed by atoms with Crippen molar-refractivity contribution in [2.45, 2.75) is 6.92 Å². The quantitative estimate of drug-likeness (QED) is 0.518. The maximum absolute atomic E-state index is 10.9. The standard InChI is InChI=1S/C14H14N4O3/c1-10-6-7-13(18(19)20)14(16-10)17-15-9-11-4-3-5-12(8-11)21-2/h3-9H,1-2H3,(H,16,17)/b15-9-. The van der Waals surface area contributed by atoms with Crippen LogP contribution in [0.15, 0.2) is 41.5 Å². The minimum Gasteiger partial charge on any atom is -0.497 e. The smallest absolute Gasteiger partial charge is 0.313 e. The summed E-state index contributed by atoms with van der Waals surface area (Å²) in [5.41, 5.74) is 3.94. The normalized spacial score (nSPS) is 10.6. The summed E-state index contributed by atoms with van der Waals surface area (Å²) in [4.78, 5) is 14.5. The van der Waals surface area contributed by atoms with Gasteiger partial charge in [0.25, 0.3) is 0 Å². The van der Waals surface area contributed by atoms with Crippen LogP contribution in [0, 0.1) is 17.0 Å². The van der Waals surface area contributed by atoms with Gasteiger partial charge in [-0.25, -0.2) is 4.98 Å². The average molecular weight is 286 g/mol. The minimum atomic E-state index is -0.504. The molecule has 0 unspecified atom stereocenters. The van der Waals surface area contributed by atoms with Gasteiger partial charge in [0.1, 0.15) is 5.75 Å². The summed E-state index contributed by atoms with van der Waals surface area (Å²) in [6.07, 6.45) is 1.54. The molecule has 1 N–H and O–H groups in total. The number of hydrazone groups is 1. The van der Waals surface area contributed by atoms with Crippen molar-refractivity contribution in [3.63, 3.8) is 0 Å². The lowest BCUT2D eigenvalue weighted by Gasteiger charge is -2.02. The van der Waals surface area contributed by atoms with Crippen molar-refractivity contribution in [3.8, 4) is 5.75 Å². The number of hydrogen-bond donors (Lipinski definition) is 1. The first-order chi connectivity index (χ1) is 10.1. The molecule has 0 radical (unpaired) electrons. The van der Waals surface area contributed by atoms with Crippen molar-refractivity contribution < 1.29 is 9.66 Å². The van der Waals surface area contributed by atoms with E-state index in [0.29, 0.717) is 11.4 Å². The second kappa shape index (κ2) is 6.47. The highest BCUT2D eigenvalue weighted by Crippen LogP contribution is 2.21. The lowest BCUT2D eigenvalue weighted by Crippen LogP contribution is -2.00. The zero-order valence-corrected chi connectivity index (χ0v) is 11.6. The van der Waals surface area contributed by atoms with Gasteiger partial charge in [-0.3, -0.25) is 15.5 Å². The van der Waals surface area contributed by atoms with Gasteiger partial charge in [-0.15, -0.1) is 0 Å². The predicted molar refractivity (Wildman–Crippen MR) is 79.8 cm³/mol. The molecule has 7 heteroatoms. The second-order valence-electron chi connectivity index (χ2n) is 4.22. The molecule has 1 heterocycles. The van der Waals surface area contributed by atoms with Crippen molar-refractivity contribution in [1.29, 1.82) is 0 Å². The number of nitrogens with zero attached hydrogens (tertiary/aromatic N) is 3. The van der Waals surface area contributed by atoms with Gasteiger partial charge in [0, 0.05) is 11.8 Å². The number of methoxy groups -OCH3 is 1. The highest BCUT2D eigenvalue weighted by Gasteiger charge is 2.14. The van der Waals surface area contributed by atoms with Crippen LogP contribution in [0.3, 0.4) is 0 Å². The van der Waals surface area contributed by atoms with Crippen molar-refractivity contribution >= 4 is 17.7 Å². The van der Waals surface area contributed by atoms with Gasteiger partial charge in [0.2, 0.25) is 5.82 Å². The third-order valence-electron chi connectivity index (χ3n) is 2.69. The summed E-state index contributed by atoms with van der Waals surface area (Å²) in [5, 5.41) is 14.9. The van der Waals surface area contributed by atoms with E-state index in [2.05, 4.69) is 15.5 Å². The number of aromatic nitrogens is 1. The fourth-order valence-electron chi connectivity index (χ4n) is 1.67. The molecule has 0 aliphatic heterocycles. The molecule has 1 aromatic heterocycles. The maximum atomic E-state index is 10.9. The summed E-state index contributed by atoms with van der Waals surface area (Å²) < 4.78 is 5.10. The van der Waals surface area contributed by atoms with Crippen LogP contribution < -0.4 is 10.2 Å². The number of hydrogen-bond acceptors (Lipinski definition) is 6. The first kappa shape index (κ1) is 14.4. The van der Waals surface area contributed by atoms with Gasteiger partial charge in [-0.05, 0) is 30.7 Å². The zero-order valence-electron chi connectivity index (χ0n) is 11.6. The van der Waals surface area contributed by atoms with Gasteiger partial charge < -0.3 is 4.74 Å². The van der Waals surface area contributed by atoms with Crippen molar-refractivity contribution in [1.82, 2.24) is 4.98 Å². The first-order valence-corrected chi connectivity index (χ1v) is 6.15. The summed E-state index contributed by atoms with van der Waals surface area (Å²) in [5.74, 6) is 0.817. The van der Waals surface area contributed by atoms with E-state index >= 15 is 0 Å². The van der Waals surface area contributed by atoms with E-state index in [4.69, 9.17) is 4.74 Å². The fourth-order valence-corrected chi connectivity index (χ4v) is 1.67. The SMILES string of the molecule is COc1cccc(/C=N\Nc2nc(C)ccc2[N+](=O)[O-])c1. The van der Waals surface area contributed by atoms with Gasteiger partial charge in [0.05, 0.1) is 18.2 Å². The van der Waals surface area contributed by atoms with Crippen molar-refractivity contribution in [3.05, 3.63) is 57.8 Å². The molecular weight excluding hydrogens is 272 g/mol. The van der Waals surface area contributed by atoms with Gasteiger partial charge in [0.15, 0.2) is 0 Å². The minimum absolute atomic E-state index is 0.110. The Bertz CT molecular complexity index is 686. The molecule has 21 heavy (non-hydrogen) atoms. The molecule has 0 bridgehead atoms. The number of rotatable bonds is 5. The van der Waals surface area contributed by atoms with Crippen LogP contribution in [-0.4, -0.2) is 23.2 Å². The van der Waals surface area contributed by atoms with E-state index in [0.717, 1.165) is 5.56 Å². The van der Waals surface area contributed by atoms with Crippen LogP contribution in [0.2, 0.25) is 0 Å². The Kier molecular flexibility index (Phi) is 4.45. The molecule has 0 atom stereocenters. The maximum Gasteiger partial charge on any atom is 0.313 e. The van der Waals surface area contributed by atoms with Crippen molar-refractivity contribution in [2.24, 2.45) is 5.10 Å². The molecule has 2 aromatic rings. The Balaban J connectivity index is 2.17. The van der Waals surface area contributed by atoms with Gasteiger partial charge in [-0.2, -0.15) is 5.10 Å². The summed E-state index contributed by atoms with van der Waals surface area (Å²) in [7, 11) is 1.58. The first-order valence-electron chi connectivity index (χ1n) is 6.15. The molecule has 0 amide bonds. The monoisotopic (exact) mass is 286 g/mol. The average Bonchev–Trinajstić information content (AvgIpc) is 2.47. The lowest BCUT2D eigenvalue weighted by atomic mass is 10.2. The van der Waals surface area contributed by atoms with Crippen LogP contribution in [0.25, 0.3) is 0 Å². The number of nitro groups is 1. The van der Waals surface area contributed by atoms with Crippen LogP contribution >= 0.6 is 0 Å². The topological polar surface area (TPSA) is 89.7 Å². The molecule has 0 saturated carbocycles. The summed E-state index contributed by atoms with van der Waals surface area (Å²) in [6, 6.07) is 10.3. The molecule has 0 fully saturated rings.